The van der Waals surface area contributed by atoms with E-state index >= 15 is 0 Å². The van der Waals surface area contributed by atoms with Gasteiger partial charge < -0.3 is 4.57 Å². The SMILES string of the molecule is Cc1ccc2sc(N(CCCn3ccnc3)C(=O)c3cccs3)nc2c1C.Cl. The fraction of sp³-hybridized carbons (Fsp3) is 0.250. The lowest BCUT2D eigenvalue weighted by atomic mass is 10.1. The van der Waals surface area contributed by atoms with E-state index < -0.39 is 0 Å². The summed E-state index contributed by atoms with van der Waals surface area (Å²) in [6.45, 7) is 5.61. The van der Waals surface area contributed by atoms with Crippen LogP contribution in [0, 0.1) is 13.8 Å². The van der Waals surface area contributed by atoms with E-state index in [2.05, 4.69) is 31.0 Å². The van der Waals surface area contributed by atoms with Gasteiger partial charge in [0.25, 0.3) is 5.91 Å². The number of benzene rings is 1. The predicted molar refractivity (Wildman–Crippen MR) is 119 cm³/mol. The van der Waals surface area contributed by atoms with Crippen molar-refractivity contribution in [1.82, 2.24) is 14.5 Å². The van der Waals surface area contributed by atoms with E-state index in [1.807, 2.05) is 33.2 Å². The summed E-state index contributed by atoms with van der Waals surface area (Å²) >= 11 is 3.05. The minimum Gasteiger partial charge on any atom is -0.337 e. The summed E-state index contributed by atoms with van der Waals surface area (Å²) in [6.07, 6.45) is 6.35. The van der Waals surface area contributed by atoms with Crippen molar-refractivity contribution in [3.8, 4) is 0 Å². The van der Waals surface area contributed by atoms with Gasteiger partial charge in [0.15, 0.2) is 5.13 Å². The molecule has 0 N–H and O–H groups in total. The highest BCUT2D eigenvalue weighted by molar-refractivity contribution is 7.22. The third-order valence-corrected chi connectivity index (χ3v) is 6.54. The highest BCUT2D eigenvalue weighted by Gasteiger charge is 2.22. The summed E-state index contributed by atoms with van der Waals surface area (Å²) in [5.41, 5.74) is 3.39. The van der Waals surface area contributed by atoms with E-state index in [4.69, 9.17) is 4.98 Å². The van der Waals surface area contributed by atoms with Gasteiger partial charge in [-0.3, -0.25) is 9.69 Å². The fourth-order valence-corrected chi connectivity index (χ4v) is 4.70. The number of aryl methyl sites for hydroxylation is 3. The molecule has 0 unspecified atom stereocenters. The molecule has 4 rings (SSSR count). The zero-order valence-electron chi connectivity index (χ0n) is 15.7. The van der Waals surface area contributed by atoms with Crippen LogP contribution in [0.4, 0.5) is 5.13 Å². The Bertz CT molecular complexity index is 1060. The summed E-state index contributed by atoms with van der Waals surface area (Å²) in [4.78, 5) is 24.6. The highest BCUT2D eigenvalue weighted by Crippen LogP contribution is 2.33. The average molecular weight is 433 g/mol. The molecule has 4 aromatic rings. The lowest BCUT2D eigenvalue weighted by Gasteiger charge is -2.19. The second-order valence-electron chi connectivity index (χ2n) is 6.44. The monoisotopic (exact) mass is 432 g/mol. The minimum absolute atomic E-state index is 0. The van der Waals surface area contributed by atoms with Crippen molar-refractivity contribution in [2.24, 2.45) is 0 Å². The molecule has 1 amide bonds. The van der Waals surface area contributed by atoms with Gasteiger partial charge in [-0.25, -0.2) is 9.97 Å². The summed E-state index contributed by atoms with van der Waals surface area (Å²) < 4.78 is 3.14. The van der Waals surface area contributed by atoms with E-state index in [0.717, 1.165) is 33.2 Å². The molecule has 28 heavy (non-hydrogen) atoms. The number of hydrogen-bond donors (Lipinski definition) is 0. The second kappa shape index (κ2) is 8.86. The van der Waals surface area contributed by atoms with Gasteiger partial charge in [0.1, 0.15) is 0 Å². The van der Waals surface area contributed by atoms with Crippen LogP contribution in [-0.2, 0) is 6.54 Å². The summed E-state index contributed by atoms with van der Waals surface area (Å²) in [7, 11) is 0. The number of imidazole rings is 1. The highest BCUT2D eigenvalue weighted by atomic mass is 35.5. The zero-order valence-corrected chi connectivity index (χ0v) is 18.1. The molecule has 3 heterocycles. The van der Waals surface area contributed by atoms with Crippen molar-refractivity contribution < 1.29 is 4.79 Å². The number of fused-ring (bicyclic) bond motifs is 1. The predicted octanol–water partition coefficient (Wildman–Crippen LogP) is 5.33. The number of aromatic nitrogens is 3. The van der Waals surface area contributed by atoms with E-state index in [-0.39, 0.29) is 18.3 Å². The molecule has 0 saturated heterocycles. The molecule has 0 radical (unpaired) electrons. The maximum atomic E-state index is 13.1. The lowest BCUT2D eigenvalue weighted by molar-refractivity contribution is 0.0990. The van der Waals surface area contributed by atoms with Crippen LogP contribution in [0.15, 0.2) is 48.4 Å². The Morgan fingerprint density at radius 3 is 2.82 bits per heavy atom. The maximum Gasteiger partial charge on any atom is 0.270 e. The van der Waals surface area contributed by atoms with Gasteiger partial charge in [-0.2, -0.15) is 0 Å². The Kier molecular flexibility index (Phi) is 6.49. The number of carbonyl (C=O) groups is 1. The number of anilines is 1. The fourth-order valence-electron chi connectivity index (χ4n) is 2.98. The normalized spacial score (nSPS) is 10.8. The molecule has 0 bridgehead atoms. The number of thiazole rings is 1. The van der Waals surface area contributed by atoms with Crippen LogP contribution >= 0.6 is 35.1 Å². The van der Waals surface area contributed by atoms with Crippen LogP contribution in [-0.4, -0.2) is 27.0 Å². The number of halogens is 1. The number of amides is 1. The number of nitrogens with zero attached hydrogens (tertiary/aromatic N) is 4. The average Bonchev–Trinajstić information content (AvgIpc) is 3.42. The number of thiophene rings is 1. The van der Waals surface area contributed by atoms with Crippen LogP contribution in [0.1, 0.15) is 27.2 Å². The number of hydrogen-bond acceptors (Lipinski definition) is 5. The first-order valence-electron chi connectivity index (χ1n) is 8.81. The number of carbonyl (C=O) groups excluding carboxylic acids is 1. The second-order valence-corrected chi connectivity index (χ2v) is 8.40. The van der Waals surface area contributed by atoms with Crippen LogP contribution in [0.5, 0.6) is 0 Å². The summed E-state index contributed by atoms with van der Waals surface area (Å²) in [5.74, 6) is 0.0177. The van der Waals surface area contributed by atoms with Crippen LogP contribution in [0.3, 0.4) is 0 Å². The first kappa shape index (κ1) is 20.5. The van der Waals surface area contributed by atoms with E-state index in [0.29, 0.717) is 6.54 Å². The Labute approximate surface area is 178 Å². The molecule has 146 valence electrons. The Morgan fingerprint density at radius 2 is 2.11 bits per heavy atom. The minimum atomic E-state index is 0. The van der Waals surface area contributed by atoms with Crippen molar-refractivity contribution in [2.75, 3.05) is 11.4 Å². The molecule has 0 fully saturated rings. The lowest BCUT2D eigenvalue weighted by Crippen LogP contribution is -2.31. The van der Waals surface area contributed by atoms with Gasteiger partial charge in [0.2, 0.25) is 0 Å². The molecule has 0 aliphatic carbocycles. The van der Waals surface area contributed by atoms with Crippen molar-refractivity contribution in [1.29, 1.82) is 0 Å². The van der Waals surface area contributed by atoms with Gasteiger partial charge in [0.05, 0.1) is 21.4 Å². The van der Waals surface area contributed by atoms with Gasteiger partial charge in [-0.05, 0) is 48.9 Å². The van der Waals surface area contributed by atoms with Crippen molar-refractivity contribution in [3.63, 3.8) is 0 Å². The van der Waals surface area contributed by atoms with Crippen molar-refractivity contribution >= 4 is 56.3 Å². The quantitative estimate of drug-likeness (QED) is 0.413. The van der Waals surface area contributed by atoms with Gasteiger partial charge >= 0.3 is 0 Å². The maximum absolute atomic E-state index is 13.1. The molecule has 0 spiro atoms. The van der Waals surface area contributed by atoms with Crippen molar-refractivity contribution in [2.45, 2.75) is 26.8 Å². The number of rotatable bonds is 6. The van der Waals surface area contributed by atoms with Gasteiger partial charge in [0, 0.05) is 25.5 Å². The molecule has 8 heteroatoms. The smallest absolute Gasteiger partial charge is 0.270 e. The van der Waals surface area contributed by atoms with Crippen LogP contribution in [0.25, 0.3) is 10.2 Å². The molecule has 1 aromatic carbocycles. The van der Waals surface area contributed by atoms with Crippen LogP contribution < -0.4 is 4.90 Å². The summed E-state index contributed by atoms with van der Waals surface area (Å²) in [5, 5.41) is 2.70. The first-order chi connectivity index (χ1) is 13.1. The van der Waals surface area contributed by atoms with Gasteiger partial charge in [-0.15, -0.1) is 23.7 Å². The standard InChI is InChI=1S/C20H20N4OS2.ClH/c1-14-6-7-16-18(15(14)2)22-20(27-16)24(19(25)17-5-3-12-26-17)10-4-9-23-11-8-21-13-23;/h3,5-8,11-13H,4,9-10H2,1-2H3;1H. The summed E-state index contributed by atoms with van der Waals surface area (Å²) in [6, 6.07) is 7.99. The van der Waals surface area contributed by atoms with E-state index in [1.54, 1.807) is 23.9 Å². The molecule has 0 atom stereocenters. The Hall–Kier alpha value is -2.22. The third-order valence-electron chi connectivity index (χ3n) is 4.64. The third kappa shape index (κ3) is 4.11. The molecular weight excluding hydrogens is 412 g/mol. The molecule has 0 aliphatic heterocycles. The largest absolute Gasteiger partial charge is 0.337 e. The van der Waals surface area contributed by atoms with Crippen molar-refractivity contribution in [3.05, 3.63) is 64.4 Å². The van der Waals surface area contributed by atoms with E-state index in [1.165, 1.54) is 22.5 Å². The zero-order chi connectivity index (χ0) is 18.8. The first-order valence-corrected chi connectivity index (χ1v) is 10.5. The Balaban J connectivity index is 0.00000225. The molecule has 3 aromatic heterocycles. The molecular formula is C20H21ClN4OS2. The molecule has 0 aliphatic rings. The molecule has 0 saturated carbocycles. The molecule has 5 nitrogen and oxygen atoms in total. The Morgan fingerprint density at radius 1 is 1.25 bits per heavy atom. The van der Waals surface area contributed by atoms with Gasteiger partial charge in [-0.1, -0.05) is 23.5 Å². The topological polar surface area (TPSA) is 51.0 Å². The van der Waals surface area contributed by atoms with Crippen LogP contribution in [0.2, 0.25) is 0 Å². The van der Waals surface area contributed by atoms with E-state index in [9.17, 15) is 4.79 Å².